The van der Waals surface area contributed by atoms with Gasteiger partial charge < -0.3 is 10.2 Å². The summed E-state index contributed by atoms with van der Waals surface area (Å²) in [5.74, 6) is 0.554. The molecule has 0 radical (unpaired) electrons. The molecule has 1 unspecified atom stereocenters. The Kier molecular flexibility index (Phi) is 5.17. The van der Waals surface area contributed by atoms with Gasteiger partial charge in [0.1, 0.15) is 4.70 Å². The Balaban J connectivity index is 1.70. The van der Waals surface area contributed by atoms with Crippen LogP contribution in [-0.4, -0.2) is 35.5 Å². The van der Waals surface area contributed by atoms with E-state index in [2.05, 4.69) is 41.5 Å². The van der Waals surface area contributed by atoms with Crippen molar-refractivity contribution in [3.8, 4) is 11.1 Å². The fraction of sp³-hybridized carbons (Fsp3) is 0.381. The lowest BCUT2D eigenvalue weighted by atomic mass is 9.97. The number of nitrogens with zero attached hydrogens (tertiary/aromatic N) is 2. The van der Waals surface area contributed by atoms with Crippen LogP contribution in [-0.2, 0) is 4.79 Å². The van der Waals surface area contributed by atoms with Gasteiger partial charge in [0.05, 0.1) is 11.4 Å². The van der Waals surface area contributed by atoms with E-state index in [-0.39, 0.29) is 17.4 Å². The van der Waals surface area contributed by atoms with E-state index in [1.165, 1.54) is 16.9 Å². The largest absolute Gasteiger partial charge is 0.356 e. The number of aromatic nitrogens is 2. The second kappa shape index (κ2) is 7.75. The zero-order valence-electron chi connectivity index (χ0n) is 16.1. The van der Waals surface area contributed by atoms with E-state index < -0.39 is 0 Å². The van der Waals surface area contributed by atoms with Crippen molar-refractivity contribution < 1.29 is 4.79 Å². The van der Waals surface area contributed by atoms with Crippen LogP contribution < -0.4 is 15.8 Å². The molecule has 1 aromatic carbocycles. The number of amides is 1. The van der Waals surface area contributed by atoms with Gasteiger partial charge in [0.2, 0.25) is 11.9 Å². The van der Waals surface area contributed by atoms with Crippen molar-refractivity contribution in [1.29, 1.82) is 0 Å². The first-order valence-electron chi connectivity index (χ1n) is 9.68. The van der Waals surface area contributed by atoms with E-state index >= 15 is 0 Å². The number of thiophene rings is 1. The van der Waals surface area contributed by atoms with Crippen molar-refractivity contribution in [2.45, 2.75) is 26.7 Å². The molecule has 3 heterocycles. The predicted octanol–water partition coefficient (Wildman–Crippen LogP) is 3.31. The number of carbonyl (C=O) groups is 1. The summed E-state index contributed by atoms with van der Waals surface area (Å²) in [5.41, 5.74) is 3.83. The molecule has 0 spiro atoms. The molecule has 4 rings (SSSR count). The van der Waals surface area contributed by atoms with Crippen LogP contribution in [0.25, 0.3) is 21.3 Å². The van der Waals surface area contributed by atoms with Gasteiger partial charge in [-0.1, -0.05) is 29.8 Å². The normalized spacial score (nSPS) is 17.1. The van der Waals surface area contributed by atoms with Gasteiger partial charge in [-0.05, 0) is 32.3 Å². The van der Waals surface area contributed by atoms with E-state index in [0.29, 0.717) is 23.7 Å². The third kappa shape index (κ3) is 3.54. The van der Waals surface area contributed by atoms with Gasteiger partial charge in [0.25, 0.3) is 5.56 Å². The Morgan fingerprint density at radius 1 is 1.36 bits per heavy atom. The first kappa shape index (κ1) is 18.7. The molecule has 1 amide bonds. The van der Waals surface area contributed by atoms with Crippen LogP contribution in [0.5, 0.6) is 0 Å². The summed E-state index contributed by atoms with van der Waals surface area (Å²) in [6.45, 7) is 5.97. The van der Waals surface area contributed by atoms with Crippen molar-refractivity contribution in [1.82, 2.24) is 15.3 Å². The minimum Gasteiger partial charge on any atom is -0.356 e. The lowest BCUT2D eigenvalue weighted by Crippen LogP contribution is -2.44. The number of hydrogen-bond acceptors (Lipinski definition) is 5. The second-order valence-corrected chi connectivity index (χ2v) is 8.14. The molecule has 2 N–H and O–H groups in total. The van der Waals surface area contributed by atoms with Crippen molar-refractivity contribution in [3.05, 3.63) is 45.6 Å². The number of fused-ring (bicyclic) bond motifs is 1. The number of aromatic amines is 1. The minimum absolute atomic E-state index is 0.0752. The molecule has 1 saturated heterocycles. The molecule has 0 saturated carbocycles. The summed E-state index contributed by atoms with van der Waals surface area (Å²) >= 11 is 1.42. The van der Waals surface area contributed by atoms with Gasteiger partial charge in [-0.25, -0.2) is 4.98 Å². The molecule has 1 fully saturated rings. The number of anilines is 1. The number of carbonyl (C=O) groups excluding carboxylic acids is 1. The van der Waals surface area contributed by atoms with Crippen LogP contribution in [0.1, 0.15) is 25.3 Å². The van der Waals surface area contributed by atoms with E-state index in [1.54, 1.807) is 0 Å². The maximum absolute atomic E-state index is 12.7. The molecule has 146 valence electrons. The number of hydrogen-bond donors (Lipinski definition) is 2. The van der Waals surface area contributed by atoms with Crippen LogP contribution in [0.2, 0.25) is 0 Å². The maximum Gasteiger partial charge on any atom is 0.270 e. The topological polar surface area (TPSA) is 78.1 Å². The highest BCUT2D eigenvalue weighted by molar-refractivity contribution is 7.17. The molecular formula is C21H24N4O2S. The summed E-state index contributed by atoms with van der Waals surface area (Å²) in [4.78, 5) is 34.7. The molecular weight excluding hydrogens is 372 g/mol. The Labute approximate surface area is 167 Å². The number of piperidine rings is 1. The third-order valence-corrected chi connectivity index (χ3v) is 6.19. The van der Waals surface area contributed by atoms with Gasteiger partial charge >= 0.3 is 0 Å². The molecule has 1 aliphatic heterocycles. The number of aryl methyl sites for hydroxylation is 1. The molecule has 2 aromatic heterocycles. The highest BCUT2D eigenvalue weighted by atomic mass is 32.1. The SMILES string of the molecule is CCNC(=O)C1CCCN(c2nc3c(-c4ccc(C)cc4)csc3c(=O)[nH]2)C1. The molecule has 3 aromatic rings. The number of rotatable bonds is 4. The standard InChI is InChI=1S/C21H24N4O2S/c1-3-22-19(26)15-5-4-10-25(11-15)21-23-17-16(12-28-18(17)20(27)24-21)14-8-6-13(2)7-9-14/h6-9,12,15H,3-5,10-11H2,1-2H3,(H,22,26)(H,23,24,27). The lowest BCUT2D eigenvalue weighted by molar-refractivity contribution is -0.125. The van der Waals surface area contributed by atoms with Crippen LogP contribution >= 0.6 is 11.3 Å². The second-order valence-electron chi connectivity index (χ2n) is 7.26. The fourth-order valence-corrected chi connectivity index (χ4v) is 4.61. The monoisotopic (exact) mass is 396 g/mol. The van der Waals surface area contributed by atoms with Crippen LogP contribution in [0, 0.1) is 12.8 Å². The van der Waals surface area contributed by atoms with Crippen molar-refractivity contribution >= 4 is 33.4 Å². The highest BCUT2D eigenvalue weighted by Gasteiger charge is 2.27. The summed E-state index contributed by atoms with van der Waals surface area (Å²) in [6.07, 6.45) is 1.76. The molecule has 0 bridgehead atoms. The van der Waals surface area contributed by atoms with Crippen molar-refractivity contribution in [2.75, 3.05) is 24.5 Å². The fourth-order valence-electron chi connectivity index (χ4n) is 3.71. The smallest absolute Gasteiger partial charge is 0.270 e. The van der Waals surface area contributed by atoms with Gasteiger partial charge in [0, 0.05) is 30.6 Å². The van der Waals surface area contributed by atoms with Crippen LogP contribution in [0.15, 0.2) is 34.4 Å². The quantitative estimate of drug-likeness (QED) is 0.709. The number of benzene rings is 1. The lowest BCUT2D eigenvalue weighted by Gasteiger charge is -2.32. The van der Waals surface area contributed by atoms with Gasteiger partial charge in [0.15, 0.2) is 0 Å². The third-order valence-electron chi connectivity index (χ3n) is 5.22. The average molecular weight is 397 g/mol. The van der Waals surface area contributed by atoms with Gasteiger partial charge in [-0.3, -0.25) is 14.6 Å². The summed E-state index contributed by atoms with van der Waals surface area (Å²) in [7, 11) is 0. The first-order valence-corrected chi connectivity index (χ1v) is 10.6. The van der Waals surface area contributed by atoms with Crippen molar-refractivity contribution in [2.24, 2.45) is 5.92 Å². The average Bonchev–Trinajstić information content (AvgIpc) is 3.13. The maximum atomic E-state index is 12.7. The zero-order valence-corrected chi connectivity index (χ0v) is 16.9. The Hall–Kier alpha value is -2.67. The Morgan fingerprint density at radius 3 is 2.89 bits per heavy atom. The van der Waals surface area contributed by atoms with E-state index in [9.17, 15) is 9.59 Å². The Bertz CT molecular complexity index is 1050. The molecule has 0 aliphatic carbocycles. The van der Waals surface area contributed by atoms with Crippen LogP contribution in [0.4, 0.5) is 5.95 Å². The van der Waals surface area contributed by atoms with E-state index in [4.69, 9.17) is 4.98 Å². The summed E-state index contributed by atoms with van der Waals surface area (Å²) in [5, 5.41) is 4.90. The Morgan fingerprint density at radius 2 is 2.14 bits per heavy atom. The van der Waals surface area contributed by atoms with Crippen molar-refractivity contribution in [3.63, 3.8) is 0 Å². The number of nitrogens with one attached hydrogen (secondary N) is 2. The molecule has 1 atom stereocenters. The highest BCUT2D eigenvalue weighted by Crippen LogP contribution is 2.32. The molecule has 7 heteroatoms. The zero-order chi connectivity index (χ0) is 19.7. The predicted molar refractivity (Wildman–Crippen MR) is 114 cm³/mol. The summed E-state index contributed by atoms with van der Waals surface area (Å²) < 4.78 is 0.636. The van der Waals surface area contributed by atoms with Crippen LogP contribution in [0.3, 0.4) is 0 Å². The number of H-pyrrole nitrogens is 1. The molecule has 1 aliphatic rings. The minimum atomic E-state index is -0.122. The molecule has 6 nitrogen and oxygen atoms in total. The first-order chi connectivity index (χ1) is 13.6. The van der Waals surface area contributed by atoms with Gasteiger partial charge in [-0.15, -0.1) is 11.3 Å². The summed E-state index contributed by atoms with van der Waals surface area (Å²) in [6, 6.07) is 8.25. The van der Waals surface area contributed by atoms with E-state index in [0.717, 1.165) is 36.0 Å². The molecule has 28 heavy (non-hydrogen) atoms. The van der Waals surface area contributed by atoms with E-state index in [1.807, 2.05) is 17.2 Å². The van der Waals surface area contributed by atoms with Gasteiger partial charge in [-0.2, -0.15) is 0 Å².